The predicted molar refractivity (Wildman–Crippen MR) is 142 cm³/mol. The number of aliphatic imine (C=N–C) groups is 1. The summed E-state index contributed by atoms with van der Waals surface area (Å²) in [6.45, 7) is 4.38. The normalized spacial score (nSPS) is 13.4. The van der Waals surface area contributed by atoms with Crippen LogP contribution in [0.5, 0.6) is 11.5 Å². The molecule has 0 fully saturated rings. The van der Waals surface area contributed by atoms with Gasteiger partial charge < -0.3 is 10.2 Å². The molecule has 1 aromatic heterocycles. The van der Waals surface area contributed by atoms with Gasteiger partial charge in [0.25, 0.3) is 0 Å². The van der Waals surface area contributed by atoms with Gasteiger partial charge in [-0.2, -0.15) is 0 Å². The fraction of sp³-hybridized carbons (Fsp3) is 0.0968. The zero-order chi connectivity index (χ0) is 24.2. The summed E-state index contributed by atoms with van der Waals surface area (Å²) >= 11 is 0. The van der Waals surface area contributed by atoms with Gasteiger partial charge in [0.1, 0.15) is 11.5 Å². The number of rotatable bonds is 3. The average molecular weight is 652 g/mol. The Labute approximate surface area is 224 Å². The summed E-state index contributed by atoms with van der Waals surface area (Å²) in [4.78, 5) is 9.39. The van der Waals surface area contributed by atoms with Crippen LogP contribution in [0, 0.1) is 0 Å². The van der Waals surface area contributed by atoms with Gasteiger partial charge >= 0.3 is 0 Å². The molecular weight excluding hydrogens is 627 g/mol. The summed E-state index contributed by atoms with van der Waals surface area (Å²) in [5, 5.41) is 23.4. The number of aromatic nitrogens is 1. The van der Waals surface area contributed by atoms with Crippen molar-refractivity contribution >= 4 is 22.7 Å². The molecule has 4 aromatic carbocycles. The third kappa shape index (κ3) is 3.73. The fourth-order valence-electron chi connectivity index (χ4n) is 5.20. The van der Waals surface area contributed by atoms with Crippen LogP contribution >= 0.6 is 0 Å². The molecular formula is C31H24N2O2Pt. The molecule has 1 aliphatic carbocycles. The van der Waals surface area contributed by atoms with Crippen LogP contribution < -0.4 is 0 Å². The van der Waals surface area contributed by atoms with Crippen molar-refractivity contribution in [3.8, 4) is 33.9 Å². The van der Waals surface area contributed by atoms with Crippen molar-refractivity contribution in [1.29, 1.82) is 0 Å². The third-order valence-corrected chi connectivity index (χ3v) is 6.96. The van der Waals surface area contributed by atoms with E-state index in [1.54, 1.807) is 12.3 Å². The molecule has 0 radical (unpaired) electrons. The van der Waals surface area contributed by atoms with Crippen molar-refractivity contribution < 1.29 is 31.3 Å². The predicted octanol–water partition coefficient (Wildman–Crippen LogP) is 7.37. The van der Waals surface area contributed by atoms with Gasteiger partial charge in [-0.25, -0.2) is 4.98 Å². The second-order valence-electron chi connectivity index (χ2n) is 9.41. The Hall–Kier alpha value is -3.75. The van der Waals surface area contributed by atoms with E-state index in [0.717, 1.165) is 22.1 Å². The van der Waals surface area contributed by atoms with Gasteiger partial charge in [-0.05, 0) is 52.4 Å². The Morgan fingerprint density at radius 1 is 0.750 bits per heavy atom. The topological polar surface area (TPSA) is 65.7 Å². The van der Waals surface area contributed by atoms with Gasteiger partial charge in [-0.1, -0.05) is 74.5 Å². The maximum atomic E-state index is 11.4. The molecule has 0 spiro atoms. The summed E-state index contributed by atoms with van der Waals surface area (Å²) in [6, 6.07) is 29.2. The van der Waals surface area contributed by atoms with E-state index >= 15 is 0 Å². The summed E-state index contributed by atoms with van der Waals surface area (Å²) in [5.74, 6) is 0.448. The van der Waals surface area contributed by atoms with Gasteiger partial charge in [0, 0.05) is 43.0 Å². The number of hydrogen-bond donors (Lipinski definition) is 2. The Balaban J connectivity index is 0.00000267. The maximum Gasteiger partial charge on any atom is 0.133 e. The molecule has 36 heavy (non-hydrogen) atoms. The van der Waals surface area contributed by atoms with Crippen LogP contribution in [0.25, 0.3) is 33.2 Å². The SMILES string of the molecule is CC1(C)c2ccccc2-c2c1ccc(-c1cccc(C=Nc3cccc4cccc(O)c34)n1)c2O.[Pt]. The van der Waals surface area contributed by atoms with Crippen LogP contribution in [0.4, 0.5) is 5.69 Å². The summed E-state index contributed by atoms with van der Waals surface area (Å²) in [7, 11) is 0. The van der Waals surface area contributed by atoms with Crippen molar-refractivity contribution in [2.45, 2.75) is 19.3 Å². The average Bonchev–Trinajstić information content (AvgIpc) is 3.11. The molecule has 1 aliphatic rings. The molecule has 0 saturated heterocycles. The molecule has 5 heteroatoms. The minimum absolute atomic E-state index is 0. The maximum absolute atomic E-state index is 11.4. The summed E-state index contributed by atoms with van der Waals surface area (Å²) in [6.07, 6.45) is 1.69. The van der Waals surface area contributed by atoms with Crippen LogP contribution in [0.15, 0.2) is 96.0 Å². The van der Waals surface area contributed by atoms with Crippen molar-refractivity contribution in [3.63, 3.8) is 0 Å². The van der Waals surface area contributed by atoms with E-state index in [1.807, 2.05) is 66.7 Å². The molecule has 4 nitrogen and oxygen atoms in total. The van der Waals surface area contributed by atoms with Gasteiger partial charge in [0.15, 0.2) is 0 Å². The standard InChI is InChI=1S/C31H24N2O2.Pt/c1-31(2)23-12-4-3-11-21(23)29-24(31)17-16-22(30(29)35)25-13-7-10-20(33-25)18-32-26-14-5-8-19-9-6-15-27(34)28(19)26;/h3-18,34-35H,1-2H3;. The van der Waals surface area contributed by atoms with Gasteiger partial charge in [-0.3, -0.25) is 4.99 Å². The van der Waals surface area contributed by atoms with E-state index in [0.29, 0.717) is 28.0 Å². The molecule has 6 rings (SSSR count). The number of benzene rings is 4. The first-order chi connectivity index (χ1) is 16.9. The number of phenolic OH excluding ortho intramolecular Hbond substituents is 2. The number of phenols is 2. The van der Waals surface area contributed by atoms with E-state index in [2.05, 4.69) is 37.0 Å². The van der Waals surface area contributed by atoms with E-state index in [-0.39, 0.29) is 38.0 Å². The van der Waals surface area contributed by atoms with Crippen LogP contribution in [-0.4, -0.2) is 21.4 Å². The van der Waals surface area contributed by atoms with Crippen molar-refractivity contribution in [1.82, 2.24) is 4.98 Å². The second kappa shape index (κ2) is 9.04. The van der Waals surface area contributed by atoms with Gasteiger partial charge in [-0.15, -0.1) is 0 Å². The molecule has 2 N–H and O–H groups in total. The van der Waals surface area contributed by atoms with E-state index in [9.17, 15) is 10.2 Å². The molecule has 0 amide bonds. The number of nitrogens with zero attached hydrogens (tertiary/aromatic N) is 2. The first-order valence-corrected chi connectivity index (χ1v) is 11.6. The Morgan fingerprint density at radius 2 is 1.50 bits per heavy atom. The zero-order valence-electron chi connectivity index (χ0n) is 19.8. The van der Waals surface area contributed by atoms with Gasteiger partial charge in [0.05, 0.1) is 23.3 Å². The van der Waals surface area contributed by atoms with Crippen molar-refractivity contribution in [2.75, 3.05) is 0 Å². The largest absolute Gasteiger partial charge is 0.507 e. The first kappa shape index (κ1) is 24.0. The first-order valence-electron chi connectivity index (χ1n) is 11.6. The smallest absolute Gasteiger partial charge is 0.133 e. The molecule has 180 valence electrons. The fourth-order valence-corrected chi connectivity index (χ4v) is 5.20. The van der Waals surface area contributed by atoms with Crippen LogP contribution in [0.1, 0.15) is 30.7 Å². The Kier molecular flexibility index (Phi) is 6.02. The summed E-state index contributed by atoms with van der Waals surface area (Å²) in [5.41, 5.74) is 6.82. The second-order valence-corrected chi connectivity index (χ2v) is 9.41. The monoisotopic (exact) mass is 651 g/mol. The van der Waals surface area contributed by atoms with Gasteiger partial charge in [0.2, 0.25) is 0 Å². The van der Waals surface area contributed by atoms with Crippen LogP contribution in [-0.2, 0) is 26.5 Å². The molecule has 0 aliphatic heterocycles. The van der Waals surface area contributed by atoms with E-state index < -0.39 is 0 Å². The summed E-state index contributed by atoms with van der Waals surface area (Å²) < 4.78 is 0. The molecule has 5 aromatic rings. The molecule has 0 unspecified atom stereocenters. The van der Waals surface area contributed by atoms with Crippen LogP contribution in [0.2, 0.25) is 0 Å². The van der Waals surface area contributed by atoms with Crippen LogP contribution in [0.3, 0.4) is 0 Å². The molecule has 0 atom stereocenters. The number of pyridine rings is 1. The number of hydrogen-bond acceptors (Lipinski definition) is 4. The van der Waals surface area contributed by atoms with E-state index in [4.69, 9.17) is 4.98 Å². The van der Waals surface area contributed by atoms with E-state index in [1.165, 1.54) is 5.56 Å². The third-order valence-electron chi connectivity index (χ3n) is 6.96. The minimum atomic E-state index is -0.173. The molecule has 0 bridgehead atoms. The van der Waals surface area contributed by atoms with Crippen molar-refractivity contribution in [2.24, 2.45) is 4.99 Å². The van der Waals surface area contributed by atoms with Crippen molar-refractivity contribution in [3.05, 3.63) is 108 Å². The number of fused-ring (bicyclic) bond motifs is 4. The molecule has 1 heterocycles. The Morgan fingerprint density at radius 3 is 2.33 bits per heavy atom. The Bertz CT molecular complexity index is 1650. The zero-order valence-corrected chi connectivity index (χ0v) is 22.1. The number of aromatic hydroxyl groups is 2. The molecule has 0 saturated carbocycles. The minimum Gasteiger partial charge on any atom is -0.507 e. The quantitative estimate of drug-likeness (QED) is 0.200.